The molecule has 4 rings (SSSR count). The highest BCUT2D eigenvalue weighted by Crippen LogP contribution is 2.72. The summed E-state index contributed by atoms with van der Waals surface area (Å²) in [7, 11) is -3.47. The van der Waals surface area contributed by atoms with E-state index in [0.29, 0.717) is 16.8 Å². The molecule has 23 heavy (non-hydrogen) atoms. The molecule has 2 aromatic carbocycles. The van der Waals surface area contributed by atoms with Gasteiger partial charge in [0.25, 0.3) is 0 Å². The second kappa shape index (κ2) is 5.15. The third-order valence-electron chi connectivity index (χ3n) is 3.64. The Balaban J connectivity index is 1.97. The topological polar surface area (TPSA) is 62.1 Å². The van der Waals surface area contributed by atoms with E-state index in [1.54, 1.807) is 42.5 Å². The number of hydrogen-bond donors (Lipinski definition) is 1. The van der Waals surface area contributed by atoms with Gasteiger partial charge in [0.1, 0.15) is 5.75 Å². The second-order valence-electron chi connectivity index (χ2n) is 5.06. The Bertz CT molecular complexity index is 943. The number of fused-ring (bicyclic) bond motifs is 3. The Morgan fingerprint density at radius 3 is 2.57 bits per heavy atom. The van der Waals surface area contributed by atoms with Gasteiger partial charge < -0.3 is 9.42 Å². The number of benzene rings is 2. The first-order valence-electron chi connectivity index (χ1n) is 6.87. The molecule has 0 bridgehead atoms. The van der Waals surface area contributed by atoms with Crippen LogP contribution in [0.1, 0.15) is 5.56 Å². The van der Waals surface area contributed by atoms with E-state index in [-0.39, 0.29) is 0 Å². The maximum absolute atomic E-state index is 13.6. The minimum Gasteiger partial charge on any atom is -0.428 e. The van der Waals surface area contributed by atoms with Gasteiger partial charge in [-0.3, -0.25) is 4.57 Å². The molecule has 0 saturated heterocycles. The van der Waals surface area contributed by atoms with E-state index in [4.69, 9.17) is 16.3 Å². The largest absolute Gasteiger partial charge is 0.428 e. The Hall–Kier alpha value is -1.71. The van der Waals surface area contributed by atoms with Crippen LogP contribution in [-0.4, -0.2) is 15.5 Å². The molecule has 2 heterocycles. The van der Waals surface area contributed by atoms with E-state index >= 15 is 0 Å². The molecule has 2 aliphatic rings. The number of nitrogens with zero attached hydrogens (tertiary/aromatic N) is 2. The molecule has 5 nitrogen and oxygen atoms in total. The molecule has 0 spiro atoms. The highest BCUT2D eigenvalue weighted by atomic mass is 32.5. The lowest BCUT2D eigenvalue weighted by atomic mass is 10.1. The predicted octanol–water partition coefficient (Wildman–Crippen LogP) is 3.54. The zero-order valence-electron chi connectivity index (χ0n) is 11.8. The summed E-state index contributed by atoms with van der Waals surface area (Å²) in [5, 5.41) is 0.508. The van der Waals surface area contributed by atoms with Crippen LogP contribution < -0.4 is 9.83 Å². The minimum atomic E-state index is -3.52. The van der Waals surface area contributed by atoms with Gasteiger partial charge in [0, 0.05) is 11.8 Å². The third-order valence-corrected chi connectivity index (χ3v) is 9.45. The summed E-state index contributed by atoms with van der Waals surface area (Å²) >= 11 is 5.30. The molecule has 0 aromatic heterocycles. The van der Waals surface area contributed by atoms with Crippen LogP contribution in [0.2, 0.25) is 0 Å². The van der Waals surface area contributed by atoms with Crippen LogP contribution in [0.5, 0.6) is 5.75 Å². The van der Waals surface area contributed by atoms with Crippen molar-refractivity contribution in [2.75, 3.05) is 0 Å². The van der Waals surface area contributed by atoms with E-state index < -0.39 is 14.1 Å². The summed E-state index contributed by atoms with van der Waals surface area (Å²) in [6.07, 6.45) is 3.22. The number of allylic oxidation sites excluding steroid dienone is 1. The maximum atomic E-state index is 13.6. The first-order valence-corrected chi connectivity index (χ1v) is 11.1. The van der Waals surface area contributed by atoms with Crippen LogP contribution in [0.3, 0.4) is 0 Å². The fourth-order valence-electron chi connectivity index (χ4n) is 2.67. The van der Waals surface area contributed by atoms with Crippen molar-refractivity contribution in [2.24, 2.45) is 4.76 Å². The summed E-state index contributed by atoms with van der Waals surface area (Å²) < 4.78 is 24.8. The molecular formula is C15H12N2O3P2S. The maximum Gasteiger partial charge on any atom is 0.346 e. The summed E-state index contributed by atoms with van der Waals surface area (Å²) in [6, 6.07) is 16.1. The zero-order chi connectivity index (χ0) is 16.1. The highest BCUT2D eigenvalue weighted by Gasteiger charge is 2.48. The second-order valence-corrected chi connectivity index (χ2v) is 10.6. The van der Waals surface area contributed by atoms with Crippen LogP contribution >= 0.6 is 14.1 Å². The fourth-order valence-corrected chi connectivity index (χ4v) is 8.51. The third kappa shape index (κ3) is 2.22. The molecule has 0 saturated carbocycles. The molecule has 2 atom stereocenters. The molecule has 0 radical (unpaired) electrons. The van der Waals surface area contributed by atoms with E-state index in [9.17, 15) is 9.46 Å². The smallest absolute Gasteiger partial charge is 0.346 e. The van der Waals surface area contributed by atoms with Crippen LogP contribution in [0.25, 0.3) is 5.70 Å². The van der Waals surface area contributed by atoms with Gasteiger partial charge in [-0.25, -0.2) is 9.20 Å². The van der Waals surface area contributed by atoms with Crippen molar-refractivity contribution in [3.8, 4) is 5.75 Å². The van der Waals surface area contributed by atoms with Gasteiger partial charge in [-0.05, 0) is 42.1 Å². The zero-order valence-corrected chi connectivity index (χ0v) is 14.4. The first-order chi connectivity index (χ1) is 11.0. The van der Waals surface area contributed by atoms with E-state index in [2.05, 4.69) is 4.76 Å². The molecular weight excluding hydrogens is 350 g/mol. The predicted molar refractivity (Wildman–Crippen MR) is 95.6 cm³/mol. The van der Waals surface area contributed by atoms with Gasteiger partial charge in [0.05, 0.1) is 11.0 Å². The Labute approximate surface area is 138 Å². The monoisotopic (exact) mass is 362 g/mol. The van der Waals surface area contributed by atoms with Crippen molar-refractivity contribution in [2.45, 2.75) is 0 Å². The van der Waals surface area contributed by atoms with Gasteiger partial charge in [-0.1, -0.05) is 30.3 Å². The molecule has 2 aliphatic heterocycles. The van der Waals surface area contributed by atoms with Gasteiger partial charge in [0.15, 0.2) is 0 Å². The SMILES string of the molecule is O=P1(c2ccccc2)N=CC=C2c3ccccc3OP(O)(=S)N21. The van der Waals surface area contributed by atoms with Gasteiger partial charge >= 0.3 is 14.1 Å². The van der Waals surface area contributed by atoms with Crippen molar-refractivity contribution in [1.29, 1.82) is 0 Å². The summed E-state index contributed by atoms with van der Waals surface area (Å²) in [5.41, 5.74) is 1.32. The Morgan fingerprint density at radius 2 is 1.78 bits per heavy atom. The van der Waals surface area contributed by atoms with Gasteiger partial charge in [0.2, 0.25) is 0 Å². The summed E-state index contributed by atoms with van der Waals surface area (Å²) in [5.74, 6) is 0.496. The van der Waals surface area contributed by atoms with Crippen molar-refractivity contribution in [3.05, 3.63) is 66.2 Å². The van der Waals surface area contributed by atoms with Crippen LogP contribution in [-0.2, 0) is 16.4 Å². The lowest BCUT2D eigenvalue weighted by Crippen LogP contribution is -2.28. The summed E-state index contributed by atoms with van der Waals surface area (Å²) in [4.78, 5) is 10.8. The normalized spacial score (nSPS) is 28.4. The Morgan fingerprint density at radius 1 is 1.09 bits per heavy atom. The van der Waals surface area contributed by atoms with Gasteiger partial charge in [-0.15, -0.1) is 0 Å². The Kier molecular flexibility index (Phi) is 3.33. The molecule has 1 N–H and O–H groups in total. The number of rotatable bonds is 1. The van der Waals surface area contributed by atoms with Crippen molar-refractivity contribution in [3.63, 3.8) is 0 Å². The average Bonchev–Trinajstić information content (AvgIpc) is 2.55. The molecule has 8 heteroatoms. The van der Waals surface area contributed by atoms with Crippen molar-refractivity contribution in [1.82, 2.24) is 4.44 Å². The number of para-hydroxylation sites is 1. The lowest BCUT2D eigenvalue weighted by molar-refractivity contribution is 0.434. The molecule has 0 aliphatic carbocycles. The standard InChI is InChI=1S/C15H12N2O3P2S/c18-21(12-6-2-1-3-7-12)16-11-10-14-13-8-4-5-9-15(13)20-22(19,23)17(14)21/h1-11H,(H,19,23). The van der Waals surface area contributed by atoms with E-state index in [1.165, 1.54) is 10.7 Å². The highest BCUT2D eigenvalue weighted by molar-refractivity contribution is 8.11. The average molecular weight is 362 g/mol. The summed E-state index contributed by atoms with van der Waals surface area (Å²) in [6.45, 7) is -3.52. The number of hydrogen-bond acceptors (Lipinski definition) is 3. The van der Waals surface area contributed by atoms with E-state index in [0.717, 1.165) is 5.56 Å². The van der Waals surface area contributed by atoms with Crippen molar-refractivity contribution >= 4 is 43.1 Å². The molecule has 0 amide bonds. The van der Waals surface area contributed by atoms with Crippen LogP contribution in [0.15, 0.2) is 65.4 Å². The van der Waals surface area contributed by atoms with Crippen molar-refractivity contribution < 1.29 is 14.0 Å². The van der Waals surface area contributed by atoms with Crippen LogP contribution in [0, 0.1) is 0 Å². The molecule has 2 aromatic rings. The first kappa shape index (κ1) is 14.9. The quantitative estimate of drug-likeness (QED) is 0.787. The lowest BCUT2D eigenvalue weighted by Gasteiger charge is -2.42. The molecule has 0 fully saturated rings. The van der Waals surface area contributed by atoms with Gasteiger partial charge in [-0.2, -0.15) is 0 Å². The minimum absolute atomic E-state index is 0.496. The fraction of sp³-hybridized carbons (Fsp3) is 0. The van der Waals surface area contributed by atoms with E-state index in [1.807, 2.05) is 18.2 Å². The molecule has 116 valence electrons. The van der Waals surface area contributed by atoms with Crippen LogP contribution in [0.4, 0.5) is 0 Å². The molecule has 2 unspecified atom stereocenters.